The molecule has 6 nitrogen and oxygen atoms in total. The Bertz CT molecular complexity index is 687. The minimum absolute atomic E-state index is 0.182. The van der Waals surface area contributed by atoms with Crippen molar-refractivity contribution in [1.82, 2.24) is 15.2 Å². The monoisotopic (exact) mass is 300 g/mol. The lowest BCUT2D eigenvalue weighted by Crippen LogP contribution is -2.21. The molecule has 2 N–H and O–H groups in total. The van der Waals surface area contributed by atoms with Crippen molar-refractivity contribution in [2.24, 2.45) is 5.10 Å². The molecule has 1 heterocycles. The first-order valence-corrected chi connectivity index (χ1v) is 7.15. The highest BCUT2D eigenvalue weighted by molar-refractivity contribution is 6.00. The quantitative estimate of drug-likeness (QED) is 0.654. The van der Waals surface area contributed by atoms with Gasteiger partial charge in [0, 0.05) is 18.3 Å². The molecule has 0 aliphatic heterocycles. The summed E-state index contributed by atoms with van der Waals surface area (Å²) < 4.78 is 1.84. The lowest BCUT2D eigenvalue weighted by Gasteiger charge is -2.03. The third kappa shape index (κ3) is 3.94. The zero-order chi connectivity index (χ0) is 16.1. The molecule has 1 amide bonds. The number of aromatic nitrogens is 2. The Morgan fingerprint density at radius 2 is 2.05 bits per heavy atom. The van der Waals surface area contributed by atoms with Crippen molar-refractivity contribution in [3.8, 4) is 5.75 Å². The molecule has 0 spiro atoms. The maximum atomic E-state index is 11.9. The van der Waals surface area contributed by atoms with Gasteiger partial charge in [-0.15, -0.1) is 0 Å². The van der Waals surface area contributed by atoms with Crippen molar-refractivity contribution in [2.45, 2.75) is 33.7 Å². The van der Waals surface area contributed by atoms with Crippen LogP contribution in [0.5, 0.6) is 5.75 Å². The van der Waals surface area contributed by atoms with E-state index in [0.29, 0.717) is 0 Å². The molecule has 2 rings (SSSR count). The number of amides is 1. The van der Waals surface area contributed by atoms with Crippen LogP contribution in [0.4, 0.5) is 0 Å². The maximum Gasteiger partial charge on any atom is 0.244 e. The first-order chi connectivity index (χ1) is 10.5. The van der Waals surface area contributed by atoms with E-state index in [4.69, 9.17) is 0 Å². The van der Waals surface area contributed by atoms with Crippen LogP contribution < -0.4 is 5.43 Å². The number of benzene rings is 1. The SMILES string of the molecule is CCn1cc(C(C)=NNC(=O)Cc2ccc(O)cc2)c(C)n1. The van der Waals surface area contributed by atoms with Crippen molar-refractivity contribution in [2.75, 3.05) is 0 Å². The van der Waals surface area contributed by atoms with Gasteiger partial charge in [0.05, 0.1) is 17.8 Å². The summed E-state index contributed by atoms with van der Waals surface area (Å²) in [5.41, 5.74) is 5.89. The summed E-state index contributed by atoms with van der Waals surface area (Å²) in [5, 5.41) is 17.7. The number of hydrazone groups is 1. The van der Waals surface area contributed by atoms with E-state index in [0.717, 1.165) is 29.1 Å². The Hall–Kier alpha value is -2.63. The molecule has 1 aromatic heterocycles. The lowest BCUT2D eigenvalue weighted by atomic mass is 10.1. The molecule has 22 heavy (non-hydrogen) atoms. The van der Waals surface area contributed by atoms with E-state index in [-0.39, 0.29) is 18.1 Å². The second-order valence-electron chi connectivity index (χ2n) is 5.06. The van der Waals surface area contributed by atoms with Gasteiger partial charge < -0.3 is 5.11 Å². The number of phenolic OH excluding ortho intramolecular Hbond substituents is 1. The summed E-state index contributed by atoms with van der Waals surface area (Å²) in [6.45, 7) is 6.56. The Balaban J connectivity index is 1.99. The number of aromatic hydroxyl groups is 1. The lowest BCUT2D eigenvalue weighted by molar-refractivity contribution is -0.120. The van der Waals surface area contributed by atoms with Gasteiger partial charge in [0.2, 0.25) is 5.91 Å². The smallest absolute Gasteiger partial charge is 0.244 e. The maximum absolute atomic E-state index is 11.9. The van der Waals surface area contributed by atoms with Gasteiger partial charge in [0.25, 0.3) is 0 Å². The summed E-state index contributed by atoms with van der Waals surface area (Å²) in [6, 6.07) is 6.53. The first-order valence-electron chi connectivity index (χ1n) is 7.15. The third-order valence-electron chi connectivity index (χ3n) is 3.31. The van der Waals surface area contributed by atoms with Crippen LogP contribution in [0.15, 0.2) is 35.6 Å². The highest BCUT2D eigenvalue weighted by atomic mass is 16.3. The molecule has 0 atom stereocenters. The average molecular weight is 300 g/mol. The Morgan fingerprint density at radius 1 is 1.36 bits per heavy atom. The van der Waals surface area contributed by atoms with E-state index in [9.17, 15) is 9.90 Å². The van der Waals surface area contributed by atoms with Gasteiger partial charge >= 0.3 is 0 Å². The number of aryl methyl sites for hydroxylation is 2. The molecular formula is C16H20N4O2. The van der Waals surface area contributed by atoms with Crippen molar-refractivity contribution in [1.29, 1.82) is 0 Å². The molecule has 0 saturated carbocycles. The van der Waals surface area contributed by atoms with E-state index in [1.165, 1.54) is 0 Å². The number of phenols is 1. The predicted molar refractivity (Wildman–Crippen MR) is 84.8 cm³/mol. The molecule has 0 unspecified atom stereocenters. The van der Waals surface area contributed by atoms with Crippen LogP contribution in [0.3, 0.4) is 0 Å². The van der Waals surface area contributed by atoms with Crippen LogP contribution in [-0.2, 0) is 17.8 Å². The van der Waals surface area contributed by atoms with Gasteiger partial charge in [-0.05, 0) is 38.5 Å². The molecule has 0 saturated heterocycles. The second kappa shape index (κ2) is 6.89. The highest BCUT2D eigenvalue weighted by Gasteiger charge is 2.08. The van der Waals surface area contributed by atoms with Crippen molar-refractivity contribution >= 4 is 11.6 Å². The zero-order valence-corrected chi connectivity index (χ0v) is 13.0. The molecule has 0 fully saturated rings. The summed E-state index contributed by atoms with van der Waals surface area (Å²) in [6.07, 6.45) is 2.13. The summed E-state index contributed by atoms with van der Waals surface area (Å²) in [4.78, 5) is 11.9. The summed E-state index contributed by atoms with van der Waals surface area (Å²) in [5.74, 6) is -0.0213. The molecule has 0 aliphatic carbocycles. The van der Waals surface area contributed by atoms with E-state index in [1.807, 2.05) is 31.6 Å². The largest absolute Gasteiger partial charge is 0.508 e. The number of rotatable bonds is 5. The minimum Gasteiger partial charge on any atom is -0.508 e. The summed E-state index contributed by atoms with van der Waals surface area (Å²) >= 11 is 0. The summed E-state index contributed by atoms with van der Waals surface area (Å²) in [7, 11) is 0. The van der Waals surface area contributed by atoms with Crippen molar-refractivity contribution < 1.29 is 9.90 Å². The van der Waals surface area contributed by atoms with E-state index >= 15 is 0 Å². The Labute approximate surface area is 129 Å². The minimum atomic E-state index is -0.203. The fraction of sp³-hybridized carbons (Fsp3) is 0.312. The van der Waals surface area contributed by atoms with Crippen LogP contribution in [0.25, 0.3) is 0 Å². The van der Waals surface area contributed by atoms with Gasteiger partial charge in [0.1, 0.15) is 5.75 Å². The zero-order valence-electron chi connectivity index (χ0n) is 13.0. The van der Waals surface area contributed by atoms with E-state index in [2.05, 4.69) is 15.6 Å². The van der Waals surface area contributed by atoms with Crippen LogP contribution in [0.1, 0.15) is 30.7 Å². The number of carbonyl (C=O) groups is 1. The Kier molecular flexibility index (Phi) is 4.93. The number of carbonyl (C=O) groups excluding carboxylic acids is 1. The second-order valence-corrected chi connectivity index (χ2v) is 5.06. The standard InChI is InChI=1S/C16H20N4O2/c1-4-20-10-15(12(3)19-20)11(2)17-18-16(22)9-13-5-7-14(21)8-6-13/h5-8,10,21H,4,9H2,1-3H3,(H,18,22). The molecular weight excluding hydrogens is 280 g/mol. The molecule has 1 aromatic carbocycles. The molecule has 2 aromatic rings. The first kappa shape index (κ1) is 15.8. The average Bonchev–Trinajstić information content (AvgIpc) is 2.88. The predicted octanol–water partition coefficient (Wildman–Crippen LogP) is 2.00. The Morgan fingerprint density at radius 3 is 2.64 bits per heavy atom. The van der Waals surface area contributed by atoms with E-state index in [1.54, 1.807) is 24.3 Å². The molecule has 0 radical (unpaired) electrons. The molecule has 6 heteroatoms. The van der Waals surface area contributed by atoms with Crippen LogP contribution >= 0.6 is 0 Å². The molecule has 0 bridgehead atoms. The fourth-order valence-electron chi connectivity index (χ4n) is 2.08. The topological polar surface area (TPSA) is 79.5 Å². The molecule has 116 valence electrons. The van der Waals surface area contributed by atoms with Gasteiger partial charge in [-0.2, -0.15) is 10.2 Å². The van der Waals surface area contributed by atoms with Crippen LogP contribution in [0, 0.1) is 6.92 Å². The number of nitrogens with zero attached hydrogens (tertiary/aromatic N) is 3. The van der Waals surface area contributed by atoms with Crippen LogP contribution in [0.2, 0.25) is 0 Å². The van der Waals surface area contributed by atoms with Crippen LogP contribution in [-0.4, -0.2) is 26.5 Å². The number of hydrogen-bond acceptors (Lipinski definition) is 4. The molecule has 0 aliphatic rings. The van der Waals surface area contributed by atoms with Gasteiger partial charge in [-0.3, -0.25) is 9.48 Å². The number of nitrogens with one attached hydrogen (secondary N) is 1. The number of hydrogen-bond donors (Lipinski definition) is 2. The third-order valence-corrected chi connectivity index (χ3v) is 3.31. The van der Waals surface area contributed by atoms with Crippen molar-refractivity contribution in [3.05, 3.63) is 47.3 Å². The fourth-order valence-corrected chi connectivity index (χ4v) is 2.08. The van der Waals surface area contributed by atoms with E-state index < -0.39 is 0 Å². The van der Waals surface area contributed by atoms with Gasteiger partial charge in [0.15, 0.2) is 0 Å². The van der Waals surface area contributed by atoms with Crippen molar-refractivity contribution in [3.63, 3.8) is 0 Å². The normalized spacial score (nSPS) is 11.5. The highest BCUT2D eigenvalue weighted by Crippen LogP contribution is 2.10. The van der Waals surface area contributed by atoms with Gasteiger partial charge in [-0.1, -0.05) is 12.1 Å². The van der Waals surface area contributed by atoms with Gasteiger partial charge in [-0.25, -0.2) is 5.43 Å².